The fourth-order valence-corrected chi connectivity index (χ4v) is 0.450. The maximum Gasteiger partial charge on any atom is 0.262 e. The number of rotatable bonds is 4. The summed E-state index contributed by atoms with van der Waals surface area (Å²) >= 11 is 5.27. The number of hydrogen-bond acceptors (Lipinski definition) is 1. The molecular formula is C7H10ClNO. The SMILES string of the molecule is C=CCCNC(=O)C(=C)Cl. The lowest BCUT2D eigenvalue weighted by Gasteiger charge is -1.98. The fraction of sp³-hybridized carbons (Fsp3) is 0.286. The van der Waals surface area contributed by atoms with Gasteiger partial charge in [0.25, 0.3) is 5.91 Å². The van der Waals surface area contributed by atoms with Gasteiger partial charge in [-0.1, -0.05) is 24.3 Å². The molecule has 2 nitrogen and oxygen atoms in total. The minimum Gasteiger partial charge on any atom is -0.351 e. The molecule has 0 aromatic rings. The van der Waals surface area contributed by atoms with Crippen molar-refractivity contribution in [2.24, 2.45) is 0 Å². The first-order valence-electron chi connectivity index (χ1n) is 2.92. The average molecular weight is 160 g/mol. The minimum atomic E-state index is -0.316. The van der Waals surface area contributed by atoms with Gasteiger partial charge in [-0.3, -0.25) is 4.79 Å². The summed E-state index contributed by atoms with van der Waals surface area (Å²) in [6.45, 7) is 7.32. The van der Waals surface area contributed by atoms with Crippen LogP contribution < -0.4 is 5.32 Å². The lowest BCUT2D eigenvalue weighted by Crippen LogP contribution is -2.23. The minimum absolute atomic E-state index is 0.0177. The van der Waals surface area contributed by atoms with Crippen LogP contribution >= 0.6 is 11.6 Å². The van der Waals surface area contributed by atoms with Crippen molar-refractivity contribution in [3.8, 4) is 0 Å². The van der Waals surface area contributed by atoms with Crippen molar-refractivity contribution in [1.82, 2.24) is 5.32 Å². The summed E-state index contributed by atoms with van der Waals surface area (Å²) in [5.74, 6) is -0.316. The molecular weight excluding hydrogens is 150 g/mol. The number of nitrogens with one attached hydrogen (secondary N) is 1. The summed E-state index contributed by atoms with van der Waals surface area (Å²) in [6, 6.07) is 0. The molecule has 0 fully saturated rings. The molecule has 1 amide bonds. The second-order valence-electron chi connectivity index (χ2n) is 1.74. The van der Waals surface area contributed by atoms with Crippen LogP contribution in [0.2, 0.25) is 0 Å². The van der Waals surface area contributed by atoms with Gasteiger partial charge in [0.15, 0.2) is 0 Å². The van der Waals surface area contributed by atoms with Crippen molar-refractivity contribution in [2.45, 2.75) is 6.42 Å². The van der Waals surface area contributed by atoms with Gasteiger partial charge in [0.2, 0.25) is 0 Å². The van der Waals surface area contributed by atoms with E-state index in [0.29, 0.717) is 6.54 Å². The molecule has 56 valence electrons. The third-order valence-corrected chi connectivity index (χ3v) is 1.05. The molecule has 0 saturated heterocycles. The molecule has 0 rings (SSSR count). The van der Waals surface area contributed by atoms with Crippen LogP contribution in [0.4, 0.5) is 0 Å². The molecule has 1 N–H and O–H groups in total. The second-order valence-corrected chi connectivity index (χ2v) is 2.19. The number of amides is 1. The molecule has 0 saturated carbocycles. The molecule has 0 bridgehead atoms. The number of carbonyl (C=O) groups is 1. The molecule has 0 aromatic heterocycles. The van der Waals surface area contributed by atoms with Gasteiger partial charge < -0.3 is 5.32 Å². The van der Waals surface area contributed by atoms with E-state index in [4.69, 9.17) is 11.6 Å². The molecule has 3 heteroatoms. The van der Waals surface area contributed by atoms with Gasteiger partial charge in [-0.05, 0) is 6.42 Å². The third kappa shape index (κ3) is 4.15. The molecule has 10 heavy (non-hydrogen) atoms. The molecule has 0 radical (unpaired) electrons. The number of hydrogen-bond donors (Lipinski definition) is 1. The van der Waals surface area contributed by atoms with E-state index in [0.717, 1.165) is 6.42 Å². The molecule has 0 aliphatic carbocycles. The zero-order chi connectivity index (χ0) is 7.98. The maximum atomic E-state index is 10.6. The van der Waals surface area contributed by atoms with Gasteiger partial charge >= 0.3 is 0 Å². The van der Waals surface area contributed by atoms with Crippen molar-refractivity contribution in [3.63, 3.8) is 0 Å². The normalized spacial score (nSPS) is 8.50. The highest BCUT2D eigenvalue weighted by Gasteiger charge is 1.99. The first kappa shape index (κ1) is 9.24. The summed E-state index contributed by atoms with van der Waals surface area (Å²) in [5.41, 5.74) is 0. The highest BCUT2D eigenvalue weighted by atomic mass is 35.5. The maximum absolute atomic E-state index is 10.6. The van der Waals surface area contributed by atoms with E-state index < -0.39 is 0 Å². The Balaban J connectivity index is 3.40. The largest absolute Gasteiger partial charge is 0.351 e. The van der Waals surface area contributed by atoms with Crippen molar-refractivity contribution in [1.29, 1.82) is 0 Å². The van der Waals surface area contributed by atoms with E-state index in [2.05, 4.69) is 18.5 Å². The predicted octanol–water partition coefficient (Wildman–Crippen LogP) is 1.43. The Bertz CT molecular complexity index is 154. The average Bonchev–Trinajstić information content (AvgIpc) is 1.88. The van der Waals surface area contributed by atoms with Crippen LogP contribution in [0, 0.1) is 0 Å². The van der Waals surface area contributed by atoms with Crippen LogP contribution in [0.3, 0.4) is 0 Å². The van der Waals surface area contributed by atoms with E-state index >= 15 is 0 Å². The van der Waals surface area contributed by atoms with Gasteiger partial charge in [0, 0.05) is 6.54 Å². The van der Waals surface area contributed by atoms with Crippen LogP contribution in [0.15, 0.2) is 24.3 Å². The van der Waals surface area contributed by atoms with E-state index in [-0.39, 0.29) is 10.9 Å². The lowest BCUT2D eigenvalue weighted by atomic mass is 10.4. The Kier molecular flexibility index (Phi) is 4.67. The fourth-order valence-electron chi connectivity index (χ4n) is 0.384. The van der Waals surface area contributed by atoms with Crippen LogP contribution in [-0.4, -0.2) is 12.5 Å². The standard InChI is InChI=1S/C7H10ClNO/c1-3-4-5-9-7(10)6(2)8/h3H,1-2,4-5H2,(H,9,10). The Morgan fingerprint density at radius 1 is 1.70 bits per heavy atom. The van der Waals surface area contributed by atoms with Crippen molar-refractivity contribution in [2.75, 3.05) is 6.54 Å². The van der Waals surface area contributed by atoms with Gasteiger partial charge in [-0.2, -0.15) is 0 Å². The van der Waals surface area contributed by atoms with Gasteiger partial charge in [-0.25, -0.2) is 0 Å². The summed E-state index contributed by atoms with van der Waals surface area (Å²) in [5, 5.41) is 2.56. The number of carbonyl (C=O) groups excluding carboxylic acids is 1. The van der Waals surface area contributed by atoms with E-state index in [1.807, 2.05) is 0 Å². The first-order chi connectivity index (χ1) is 4.68. The van der Waals surface area contributed by atoms with Crippen LogP contribution in [0.1, 0.15) is 6.42 Å². The first-order valence-corrected chi connectivity index (χ1v) is 3.29. The zero-order valence-electron chi connectivity index (χ0n) is 5.69. The Morgan fingerprint density at radius 3 is 2.70 bits per heavy atom. The van der Waals surface area contributed by atoms with E-state index in [1.54, 1.807) is 6.08 Å². The topological polar surface area (TPSA) is 29.1 Å². The quantitative estimate of drug-likeness (QED) is 0.375. The Labute approximate surface area is 65.6 Å². The van der Waals surface area contributed by atoms with Crippen molar-refractivity contribution < 1.29 is 4.79 Å². The van der Waals surface area contributed by atoms with Gasteiger partial charge in [-0.15, -0.1) is 6.58 Å². The molecule has 0 aliphatic heterocycles. The predicted molar refractivity (Wildman–Crippen MR) is 42.8 cm³/mol. The third-order valence-electron chi connectivity index (χ3n) is 0.880. The van der Waals surface area contributed by atoms with Crippen LogP contribution in [0.5, 0.6) is 0 Å². The summed E-state index contributed by atoms with van der Waals surface area (Å²) in [4.78, 5) is 10.6. The van der Waals surface area contributed by atoms with E-state index in [1.165, 1.54) is 0 Å². The van der Waals surface area contributed by atoms with Gasteiger partial charge in [0.05, 0.1) is 5.03 Å². The molecule has 0 spiro atoms. The van der Waals surface area contributed by atoms with Crippen LogP contribution in [-0.2, 0) is 4.79 Å². The van der Waals surface area contributed by atoms with Crippen molar-refractivity contribution >= 4 is 17.5 Å². The monoisotopic (exact) mass is 159 g/mol. The van der Waals surface area contributed by atoms with Crippen molar-refractivity contribution in [3.05, 3.63) is 24.3 Å². The summed E-state index contributed by atoms with van der Waals surface area (Å²) in [6.07, 6.45) is 2.47. The number of halogens is 1. The van der Waals surface area contributed by atoms with E-state index in [9.17, 15) is 4.79 Å². The Hall–Kier alpha value is -0.760. The molecule has 0 aromatic carbocycles. The highest BCUT2D eigenvalue weighted by Crippen LogP contribution is 1.94. The molecule has 0 atom stereocenters. The molecule has 0 heterocycles. The highest BCUT2D eigenvalue weighted by molar-refractivity contribution is 6.41. The van der Waals surface area contributed by atoms with Gasteiger partial charge in [0.1, 0.15) is 0 Å². The Morgan fingerprint density at radius 2 is 2.30 bits per heavy atom. The summed E-state index contributed by atoms with van der Waals surface area (Å²) in [7, 11) is 0. The second kappa shape index (κ2) is 5.06. The lowest BCUT2D eigenvalue weighted by molar-refractivity contribution is -0.116. The van der Waals surface area contributed by atoms with Crippen LogP contribution in [0.25, 0.3) is 0 Å². The molecule has 0 unspecified atom stereocenters. The molecule has 0 aliphatic rings. The smallest absolute Gasteiger partial charge is 0.262 e. The zero-order valence-corrected chi connectivity index (χ0v) is 6.45. The summed E-state index contributed by atoms with van der Waals surface area (Å²) < 4.78 is 0.